The van der Waals surface area contributed by atoms with Crippen molar-refractivity contribution in [2.75, 3.05) is 25.1 Å². The molecule has 3 aromatic carbocycles. The third-order valence-electron chi connectivity index (χ3n) is 4.76. The molecule has 0 aromatic heterocycles. The van der Waals surface area contributed by atoms with Crippen LogP contribution in [0.15, 0.2) is 84.9 Å². The lowest BCUT2D eigenvalue weighted by Gasteiger charge is -2.20. The van der Waals surface area contributed by atoms with E-state index in [1.807, 2.05) is 60.7 Å². The summed E-state index contributed by atoms with van der Waals surface area (Å²) >= 11 is 0. The number of carbonyl (C=O) groups excluding carboxylic acids is 1. The number of benzene rings is 3. The lowest BCUT2D eigenvalue weighted by molar-refractivity contribution is -0.114. The largest absolute Gasteiger partial charge is 0.492 e. The number of carbonyl (C=O) groups is 1. The van der Waals surface area contributed by atoms with Gasteiger partial charge in [-0.15, -0.1) is 0 Å². The van der Waals surface area contributed by atoms with Gasteiger partial charge in [0, 0.05) is 25.2 Å². The highest BCUT2D eigenvalue weighted by molar-refractivity contribution is 5.88. The predicted molar refractivity (Wildman–Crippen MR) is 124 cm³/mol. The number of hydrogen-bond donors (Lipinski definition) is 2. The highest BCUT2D eigenvalue weighted by atomic mass is 16.5. The molecule has 1 amide bonds. The smallest absolute Gasteiger partial charge is 0.221 e. The van der Waals surface area contributed by atoms with Gasteiger partial charge in [0.05, 0.1) is 6.61 Å². The summed E-state index contributed by atoms with van der Waals surface area (Å²) in [5.41, 5.74) is 3.05. The van der Waals surface area contributed by atoms with Gasteiger partial charge in [0.2, 0.25) is 5.91 Å². The van der Waals surface area contributed by atoms with Crippen LogP contribution in [0.5, 0.6) is 5.75 Å². The summed E-state index contributed by atoms with van der Waals surface area (Å²) in [6.45, 7) is 5.42. The summed E-state index contributed by atoms with van der Waals surface area (Å²) < 4.78 is 12.1. The van der Waals surface area contributed by atoms with Crippen LogP contribution in [0.4, 0.5) is 5.69 Å². The average Bonchev–Trinajstić information content (AvgIpc) is 2.79. The van der Waals surface area contributed by atoms with Crippen LogP contribution >= 0.6 is 0 Å². The van der Waals surface area contributed by atoms with Crippen molar-refractivity contribution in [1.29, 1.82) is 0 Å². The van der Waals surface area contributed by atoms with E-state index in [1.54, 1.807) is 0 Å². The number of nitrogens with one attached hydrogen (secondary N) is 2. The van der Waals surface area contributed by atoms with Crippen LogP contribution in [-0.2, 0) is 9.53 Å². The highest BCUT2D eigenvalue weighted by Gasteiger charge is 2.14. The molecule has 0 spiro atoms. The Hall–Kier alpha value is -3.15. The summed E-state index contributed by atoms with van der Waals surface area (Å²) in [5.74, 6) is 0.683. The molecule has 0 fully saturated rings. The summed E-state index contributed by atoms with van der Waals surface area (Å²) in [5, 5.41) is 6.18. The monoisotopic (exact) mass is 418 g/mol. The van der Waals surface area contributed by atoms with E-state index in [2.05, 4.69) is 41.8 Å². The first-order valence-electron chi connectivity index (χ1n) is 10.6. The van der Waals surface area contributed by atoms with Gasteiger partial charge in [-0.25, -0.2) is 0 Å². The Morgan fingerprint density at radius 1 is 0.871 bits per heavy atom. The molecule has 0 aliphatic carbocycles. The van der Waals surface area contributed by atoms with Crippen LogP contribution in [0.2, 0.25) is 0 Å². The van der Waals surface area contributed by atoms with Crippen molar-refractivity contribution in [2.45, 2.75) is 26.0 Å². The average molecular weight is 419 g/mol. The summed E-state index contributed by atoms with van der Waals surface area (Å²) in [6.07, 6.45) is -0.0853. The first-order chi connectivity index (χ1) is 15.1. The fourth-order valence-electron chi connectivity index (χ4n) is 3.24. The van der Waals surface area contributed by atoms with Gasteiger partial charge in [0.15, 0.2) is 0 Å². The molecular weight excluding hydrogens is 388 g/mol. The molecule has 0 aliphatic heterocycles. The van der Waals surface area contributed by atoms with Crippen LogP contribution in [0, 0.1) is 0 Å². The van der Waals surface area contributed by atoms with E-state index in [1.165, 1.54) is 6.92 Å². The van der Waals surface area contributed by atoms with Crippen molar-refractivity contribution >= 4 is 11.6 Å². The molecule has 0 bridgehead atoms. The van der Waals surface area contributed by atoms with E-state index in [0.717, 1.165) is 29.1 Å². The zero-order chi connectivity index (χ0) is 21.9. The fourth-order valence-corrected chi connectivity index (χ4v) is 3.24. The minimum atomic E-state index is -0.0875. The van der Waals surface area contributed by atoms with E-state index in [9.17, 15) is 4.79 Å². The van der Waals surface area contributed by atoms with Gasteiger partial charge >= 0.3 is 0 Å². The van der Waals surface area contributed by atoms with Crippen LogP contribution in [-0.4, -0.2) is 31.7 Å². The molecule has 0 aliphatic rings. The Bertz CT molecular complexity index is 875. The number of hydrogen-bond acceptors (Lipinski definition) is 4. The quantitative estimate of drug-likeness (QED) is 0.439. The molecule has 5 heteroatoms. The van der Waals surface area contributed by atoms with Gasteiger partial charge in [-0.3, -0.25) is 4.79 Å². The first-order valence-corrected chi connectivity index (χ1v) is 10.6. The molecule has 1 atom stereocenters. The van der Waals surface area contributed by atoms with E-state index in [-0.39, 0.29) is 18.1 Å². The SMILES string of the molecule is CC(=O)Nc1ccc(OCC(C)NCCOC(c2ccccc2)c2ccccc2)cc1. The van der Waals surface area contributed by atoms with Crippen molar-refractivity contribution in [3.05, 3.63) is 96.1 Å². The van der Waals surface area contributed by atoms with Crippen molar-refractivity contribution in [3.8, 4) is 5.75 Å². The number of rotatable bonds is 11. The minimum absolute atomic E-state index is 0.0853. The second-order valence-corrected chi connectivity index (χ2v) is 7.44. The molecule has 0 saturated carbocycles. The van der Waals surface area contributed by atoms with Gasteiger partial charge < -0.3 is 20.1 Å². The maximum absolute atomic E-state index is 11.1. The Labute approximate surface area is 184 Å². The van der Waals surface area contributed by atoms with Gasteiger partial charge in [-0.2, -0.15) is 0 Å². The molecule has 3 rings (SSSR count). The second-order valence-electron chi connectivity index (χ2n) is 7.44. The van der Waals surface area contributed by atoms with E-state index in [4.69, 9.17) is 9.47 Å². The molecule has 31 heavy (non-hydrogen) atoms. The molecule has 3 aromatic rings. The summed E-state index contributed by atoms with van der Waals surface area (Å²) in [6, 6.07) is 28.1. The maximum atomic E-state index is 11.1. The molecule has 1 unspecified atom stereocenters. The van der Waals surface area contributed by atoms with E-state index in [0.29, 0.717) is 13.2 Å². The Morgan fingerprint density at radius 3 is 2.00 bits per heavy atom. The number of ether oxygens (including phenoxy) is 2. The van der Waals surface area contributed by atoms with Gasteiger partial charge in [0.1, 0.15) is 18.5 Å². The highest BCUT2D eigenvalue weighted by Crippen LogP contribution is 2.25. The normalized spacial score (nSPS) is 11.8. The van der Waals surface area contributed by atoms with Crippen molar-refractivity contribution in [2.24, 2.45) is 0 Å². The van der Waals surface area contributed by atoms with Gasteiger partial charge in [0.25, 0.3) is 0 Å². The lowest BCUT2D eigenvalue weighted by Crippen LogP contribution is -2.34. The van der Waals surface area contributed by atoms with Crippen LogP contribution < -0.4 is 15.4 Å². The van der Waals surface area contributed by atoms with Gasteiger partial charge in [-0.1, -0.05) is 60.7 Å². The van der Waals surface area contributed by atoms with Gasteiger partial charge in [-0.05, 0) is 42.3 Å². The molecule has 162 valence electrons. The second kappa shape index (κ2) is 11.9. The number of amides is 1. The Morgan fingerprint density at radius 2 is 1.45 bits per heavy atom. The third-order valence-corrected chi connectivity index (χ3v) is 4.76. The molecule has 0 saturated heterocycles. The molecule has 5 nitrogen and oxygen atoms in total. The standard InChI is InChI=1S/C26H30N2O3/c1-20(19-31-25-15-13-24(14-16-25)28-21(2)29)27-17-18-30-26(22-9-5-3-6-10-22)23-11-7-4-8-12-23/h3-16,20,26-27H,17-19H2,1-2H3,(H,28,29). The molecule has 0 radical (unpaired) electrons. The van der Waals surface area contributed by atoms with E-state index < -0.39 is 0 Å². The van der Waals surface area contributed by atoms with Crippen LogP contribution in [0.1, 0.15) is 31.1 Å². The van der Waals surface area contributed by atoms with Crippen molar-refractivity contribution in [3.63, 3.8) is 0 Å². The zero-order valence-corrected chi connectivity index (χ0v) is 18.1. The topological polar surface area (TPSA) is 59.6 Å². The summed E-state index contributed by atoms with van der Waals surface area (Å²) in [4.78, 5) is 11.1. The fraction of sp³-hybridized carbons (Fsp3) is 0.269. The van der Waals surface area contributed by atoms with E-state index >= 15 is 0 Å². The molecule has 2 N–H and O–H groups in total. The van der Waals surface area contributed by atoms with Crippen LogP contribution in [0.25, 0.3) is 0 Å². The minimum Gasteiger partial charge on any atom is -0.492 e. The van der Waals surface area contributed by atoms with Crippen molar-refractivity contribution in [1.82, 2.24) is 5.32 Å². The molecule has 0 heterocycles. The van der Waals surface area contributed by atoms with Crippen molar-refractivity contribution < 1.29 is 14.3 Å². The third kappa shape index (κ3) is 7.55. The number of anilines is 1. The Kier molecular flexibility index (Phi) is 8.64. The Balaban J connectivity index is 1.43. The predicted octanol–water partition coefficient (Wildman–Crippen LogP) is 4.81. The van der Waals surface area contributed by atoms with Crippen LogP contribution in [0.3, 0.4) is 0 Å². The maximum Gasteiger partial charge on any atom is 0.221 e. The zero-order valence-electron chi connectivity index (χ0n) is 18.1. The molecular formula is C26H30N2O3. The first kappa shape index (κ1) is 22.5. The summed E-state index contributed by atoms with van der Waals surface area (Å²) in [7, 11) is 0. The lowest BCUT2D eigenvalue weighted by atomic mass is 10.0.